The highest BCUT2D eigenvalue weighted by Gasteiger charge is 2.36. The molecule has 0 radical (unpaired) electrons. The second-order valence-electron chi connectivity index (χ2n) is 8.49. The topological polar surface area (TPSA) is 53.7 Å². The van der Waals surface area contributed by atoms with Crippen LogP contribution in [0.25, 0.3) is 16.9 Å². The van der Waals surface area contributed by atoms with Crippen molar-refractivity contribution in [2.75, 3.05) is 26.2 Å². The van der Waals surface area contributed by atoms with Gasteiger partial charge in [0.15, 0.2) is 17.0 Å². The average Bonchev–Trinajstić information content (AvgIpc) is 3.29. The molecule has 186 valence electrons. The van der Waals surface area contributed by atoms with Crippen LogP contribution in [0.1, 0.15) is 21.7 Å². The largest absolute Gasteiger partial charge is 0.433 e. The maximum atomic E-state index is 13.9. The highest BCUT2D eigenvalue weighted by Crippen LogP contribution is 2.32. The van der Waals surface area contributed by atoms with Crippen LogP contribution in [0, 0.1) is 0 Å². The van der Waals surface area contributed by atoms with Gasteiger partial charge >= 0.3 is 6.18 Å². The smallest absolute Gasteiger partial charge is 0.335 e. The quantitative estimate of drug-likeness (QED) is 0.338. The van der Waals surface area contributed by atoms with Crippen LogP contribution in [0.3, 0.4) is 0 Å². The van der Waals surface area contributed by atoms with E-state index in [-0.39, 0.29) is 17.0 Å². The fourth-order valence-corrected chi connectivity index (χ4v) is 4.51. The molecule has 1 aliphatic rings. The number of carbonyl (C=O) groups is 1. The summed E-state index contributed by atoms with van der Waals surface area (Å²) in [5.74, 6) is -0.431. The van der Waals surface area contributed by atoms with Crippen LogP contribution >= 0.6 is 23.2 Å². The Bertz CT molecular complexity index is 1410. The Morgan fingerprint density at radius 2 is 1.64 bits per heavy atom. The Balaban J connectivity index is 1.38. The minimum absolute atomic E-state index is 0.0597. The number of benzene rings is 2. The summed E-state index contributed by atoms with van der Waals surface area (Å²) < 4.78 is 42.3. The van der Waals surface area contributed by atoms with Crippen molar-refractivity contribution in [3.8, 4) is 11.3 Å². The van der Waals surface area contributed by atoms with Gasteiger partial charge in [0.2, 0.25) is 0 Å². The molecule has 36 heavy (non-hydrogen) atoms. The maximum Gasteiger partial charge on any atom is 0.433 e. The number of amides is 1. The normalized spacial score (nSPS) is 15.0. The number of hydrogen-bond donors (Lipinski definition) is 0. The predicted molar refractivity (Wildman–Crippen MR) is 131 cm³/mol. The van der Waals surface area contributed by atoms with Gasteiger partial charge in [-0.1, -0.05) is 53.5 Å². The first-order valence-electron chi connectivity index (χ1n) is 11.2. The van der Waals surface area contributed by atoms with Gasteiger partial charge in [-0.15, -0.1) is 0 Å². The number of halogens is 5. The molecule has 2 aromatic heterocycles. The Morgan fingerprint density at radius 1 is 0.944 bits per heavy atom. The lowest BCUT2D eigenvalue weighted by Crippen LogP contribution is -2.48. The molecule has 1 fully saturated rings. The molecule has 0 N–H and O–H groups in total. The van der Waals surface area contributed by atoms with Crippen molar-refractivity contribution in [3.05, 3.63) is 87.7 Å². The van der Waals surface area contributed by atoms with Crippen molar-refractivity contribution >= 4 is 34.8 Å². The molecule has 1 amide bonds. The summed E-state index contributed by atoms with van der Waals surface area (Å²) in [5.41, 5.74) is 0.425. The van der Waals surface area contributed by atoms with Crippen LogP contribution in [-0.2, 0) is 12.7 Å². The van der Waals surface area contributed by atoms with Crippen LogP contribution in [0.2, 0.25) is 10.0 Å². The predicted octanol–water partition coefficient (Wildman–Crippen LogP) is 5.68. The summed E-state index contributed by atoms with van der Waals surface area (Å²) in [5, 5.41) is 5.14. The Morgan fingerprint density at radius 3 is 2.31 bits per heavy atom. The number of piperazine rings is 1. The van der Waals surface area contributed by atoms with E-state index in [9.17, 15) is 18.0 Å². The molecule has 0 atom stereocenters. The number of aromatic nitrogens is 3. The van der Waals surface area contributed by atoms with Gasteiger partial charge in [0.05, 0.1) is 5.69 Å². The average molecular weight is 534 g/mol. The van der Waals surface area contributed by atoms with E-state index in [0.29, 0.717) is 52.8 Å². The van der Waals surface area contributed by atoms with Crippen LogP contribution in [0.15, 0.2) is 60.7 Å². The lowest BCUT2D eigenvalue weighted by Gasteiger charge is -2.34. The minimum atomic E-state index is -4.70. The van der Waals surface area contributed by atoms with Crippen LogP contribution in [-0.4, -0.2) is 56.5 Å². The number of nitrogens with zero attached hydrogens (tertiary/aromatic N) is 5. The third kappa shape index (κ3) is 5.04. The summed E-state index contributed by atoms with van der Waals surface area (Å²) >= 11 is 12.2. The Labute approximate surface area is 214 Å². The molecular formula is C25H20Cl2F3N5O. The van der Waals surface area contributed by atoms with Gasteiger partial charge in [-0.2, -0.15) is 18.3 Å². The molecule has 0 aliphatic carbocycles. The van der Waals surface area contributed by atoms with Crippen molar-refractivity contribution < 1.29 is 18.0 Å². The number of alkyl halides is 3. The molecule has 6 nitrogen and oxygen atoms in total. The molecule has 0 spiro atoms. The fourth-order valence-electron chi connectivity index (χ4n) is 4.19. The highest BCUT2D eigenvalue weighted by molar-refractivity contribution is 6.31. The first-order chi connectivity index (χ1) is 17.2. The first kappa shape index (κ1) is 24.5. The van der Waals surface area contributed by atoms with E-state index in [2.05, 4.69) is 15.0 Å². The Kier molecular flexibility index (Phi) is 6.63. The van der Waals surface area contributed by atoms with Crippen molar-refractivity contribution in [1.82, 2.24) is 24.4 Å². The van der Waals surface area contributed by atoms with E-state index in [0.717, 1.165) is 11.6 Å². The summed E-state index contributed by atoms with van der Waals surface area (Å²) in [7, 11) is 0. The standard InChI is InChI=1S/C25H20Cl2F3N5O/c26-18-7-5-16(6-8-18)20-13-22(25(28,29)30)35-23(31-20)14-21(32-35)24(36)34-11-9-33(10-12-34)15-17-3-1-2-4-19(17)27/h1-8,13-14H,9-12,15H2. The second-order valence-corrected chi connectivity index (χ2v) is 9.33. The first-order valence-corrected chi connectivity index (χ1v) is 11.9. The summed E-state index contributed by atoms with van der Waals surface area (Å²) in [6.45, 7) is 2.72. The molecule has 0 saturated carbocycles. The van der Waals surface area contributed by atoms with Gasteiger partial charge in [0.1, 0.15) is 0 Å². The number of rotatable bonds is 4. The second kappa shape index (κ2) is 9.72. The molecule has 4 aromatic rings. The van der Waals surface area contributed by atoms with E-state index in [1.807, 2.05) is 24.3 Å². The van der Waals surface area contributed by atoms with E-state index in [4.69, 9.17) is 23.2 Å². The molecule has 11 heteroatoms. The van der Waals surface area contributed by atoms with E-state index < -0.39 is 17.8 Å². The molecule has 1 aliphatic heterocycles. The molecule has 2 aromatic carbocycles. The molecule has 0 bridgehead atoms. The van der Waals surface area contributed by atoms with Crippen molar-refractivity contribution in [3.63, 3.8) is 0 Å². The van der Waals surface area contributed by atoms with E-state index >= 15 is 0 Å². The third-order valence-corrected chi connectivity index (χ3v) is 6.71. The van der Waals surface area contributed by atoms with Crippen molar-refractivity contribution in [1.29, 1.82) is 0 Å². The van der Waals surface area contributed by atoms with Gasteiger partial charge in [-0.3, -0.25) is 9.69 Å². The number of carbonyl (C=O) groups excluding carboxylic acids is 1. The zero-order valence-corrected chi connectivity index (χ0v) is 20.4. The summed E-state index contributed by atoms with van der Waals surface area (Å²) in [6, 6.07) is 16.1. The van der Waals surface area contributed by atoms with Gasteiger partial charge in [0, 0.05) is 54.4 Å². The lowest BCUT2D eigenvalue weighted by atomic mass is 10.1. The van der Waals surface area contributed by atoms with Gasteiger partial charge in [-0.25, -0.2) is 9.50 Å². The zero-order chi connectivity index (χ0) is 25.4. The van der Waals surface area contributed by atoms with Gasteiger partial charge in [0.25, 0.3) is 5.91 Å². The van der Waals surface area contributed by atoms with Crippen molar-refractivity contribution in [2.24, 2.45) is 0 Å². The molecule has 3 heterocycles. The van der Waals surface area contributed by atoms with Crippen molar-refractivity contribution in [2.45, 2.75) is 12.7 Å². The van der Waals surface area contributed by atoms with E-state index in [1.54, 1.807) is 29.2 Å². The summed E-state index contributed by atoms with van der Waals surface area (Å²) in [6.07, 6.45) is -4.70. The van der Waals surface area contributed by atoms with Crippen LogP contribution < -0.4 is 0 Å². The maximum absolute atomic E-state index is 13.9. The molecule has 5 rings (SSSR count). The van der Waals surface area contributed by atoms with Gasteiger partial charge < -0.3 is 4.90 Å². The summed E-state index contributed by atoms with van der Waals surface area (Å²) in [4.78, 5) is 21.2. The number of fused-ring (bicyclic) bond motifs is 1. The monoisotopic (exact) mass is 533 g/mol. The van der Waals surface area contributed by atoms with Crippen LogP contribution in [0.5, 0.6) is 0 Å². The molecule has 0 unspecified atom stereocenters. The molecule has 1 saturated heterocycles. The SMILES string of the molecule is O=C(c1cc2nc(-c3ccc(Cl)cc3)cc(C(F)(F)F)n2n1)N1CCN(Cc2ccccc2Cl)CC1. The zero-order valence-electron chi connectivity index (χ0n) is 18.8. The van der Waals surface area contributed by atoms with Gasteiger partial charge in [-0.05, 0) is 29.8 Å². The Hall–Kier alpha value is -3.14. The molecular weight excluding hydrogens is 514 g/mol. The fraction of sp³-hybridized carbons (Fsp3) is 0.240. The van der Waals surface area contributed by atoms with Crippen LogP contribution in [0.4, 0.5) is 13.2 Å². The minimum Gasteiger partial charge on any atom is -0.335 e. The third-order valence-electron chi connectivity index (χ3n) is 6.09. The lowest BCUT2D eigenvalue weighted by molar-refractivity contribution is -0.142. The highest BCUT2D eigenvalue weighted by atomic mass is 35.5. The number of hydrogen-bond acceptors (Lipinski definition) is 4. The van der Waals surface area contributed by atoms with E-state index in [1.165, 1.54) is 6.07 Å².